The fraction of sp³-hybridized carbons (Fsp3) is 0.417. The number of aliphatic hydroxyl groups is 1. The van der Waals surface area contributed by atoms with E-state index in [0.717, 1.165) is 5.56 Å². The van der Waals surface area contributed by atoms with E-state index in [1.54, 1.807) is 11.0 Å². The van der Waals surface area contributed by atoms with Gasteiger partial charge in [0.15, 0.2) is 0 Å². The normalized spacial score (nSPS) is 20.1. The Morgan fingerprint density at radius 1 is 1.56 bits per heavy atom. The van der Waals surface area contributed by atoms with E-state index < -0.39 is 6.10 Å². The van der Waals surface area contributed by atoms with E-state index in [1.165, 1.54) is 0 Å². The fourth-order valence-electron chi connectivity index (χ4n) is 1.96. The SMILES string of the molecule is Cc1cccc(C(=O)N2CCC(O)C2)c1N. The highest BCUT2D eigenvalue weighted by atomic mass is 16.3. The number of nitrogen functional groups attached to an aromatic ring is 1. The Kier molecular flexibility index (Phi) is 2.83. The van der Waals surface area contributed by atoms with Crippen LogP contribution in [0.4, 0.5) is 5.69 Å². The molecule has 4 nitrogen and oxygen atoms in total. The van der Waals surface area contributed by atoms with Crippen LogP contribution in [0.25, 0.3) is 0 Å². The summed E-state index contributed by atoms with van der Waals surface area (Å²) in [5.74, 6) is -0.0854. The second-order valence-electron chi connectivity index (χ2n) is 4.23. The minimum absolute atomic E-state index is 0.0854. The van der Waals surface area contributed by atoms with Crippen molar-refractivity contribution in [2.75, 3.05) is 18.8 Å². The van der Waals surface area contributed by atoms with Crippen LogP contribution >= 0.6 is 0 Å². The number of aliphatic hydroxyl groups excluding tert-OH is 1. The van der Waals surface area contributed by atoms with Gasteiger partial charge in [-0.1, -0.05) is 12.1 Å². The van der Waals surface area contributed by atoms with Crippen molar-refractivity contribution in [3.05, 3.63) is 29.3 Å². The zero-order valence-electron chi connectivity index (χ0n) is 9.31. The van der Waals surface area contributed by atoms with E-state index in [2.05, 4.69) is 0 Å². The molecule has 1 unspecified atom stereocenters. The molecule has 86 valence electrons. The highest BCUT2D eigenvalue weighted by molar-refractivity contribution is 5.99. The maximum Gasteiger partial charge on any atom is 0.256 e. The Labute approximate surface area is 94.7 Å². The number of hydrogen-bond acceptors (Lipinski definition) is 3. The number of likely N-dealkylation sites (tertiary alicyclic amines) is 1. The number of benzene rings is 1. The second-order valence-corrected chi connectivity index (χ2v) is 4.23. The highest BCUT2D eigenvalue weighted by Crippen LogP contribution is 2.20. The van der Waals surface area contributed by atoms with Gasteiger partial charge in [0.1, 0.15) is 0 Å². The number of β-amino-alcohol motifs (C(OH)–C–C–N with tert-alkyl or cyclic N) is 1. The Morgan fingerprint density at radius 2 is 2.31 bits per heavy atom. The Morgan fingerprint density at radius 3 is 2.94 bits per heavy atom. The number of nitrogens with two attached hydrogens (primary N) is 1. The third-order valence-corrected chi connectivity index (χ3v) is 3.01. The molecule has 1 fully saturated rings. The number of anilines is 1. The molecule has 1 aliphatic heterocycles. The average Bonchev–Trinajstić information content (AvgIpc) is 2.68. The molecule has 0 spiro atoms. The van der Waals surface area contributed by atoms with Crippen molar-refractivity contribution in [3.63, 3.8) is 0 Å². The van der Waals surface area contributed by atoms with Crippen LogP contribution in [0.5, 0.6) is 0 Å². The van der Waals surface area contributed by atoms with Gasteiger partial charge >= 0.3 is 0 Å². The van der Waals surface area contributed by atoms with Gasteiger partial charge in [-0.15, -0.1) is 0 Å². The molecule has 0 bridgehead atoms. The van der Waals surface area contributed by atoms with Gasteiger partial charge in [-0.25, -0.2) is 0 Å². The molecule has 16 heavy (non-hydrogen) atoms. The maximum absolute atomic E-state index is 12.1. The molecule has 4 heteroatoms. The van der Waals surface area contributed by atoms with Crippen molar-refractivity contribution in [3.8, 4) is 0 Å². The van der Waals surface area contributed by atoms with Crippen LogP contribution in [-0.4, -0.2) is 35.1 Å². The third kappa shape index (κ3) is 1.88. The standard InChI is InChI=1S/C12H16N2O2/c1-8-3-2-4-10(11(8)13)12(16)14-6-5-9(15)7-14/h2-4,9,15H,5-7,13H2,1H3. The van der Waals surface area contributed by atoms with Gasteiger partial charge < -0.3 is 15.7 Å². The molecule has 1 aliphatic rings. The van der Waals surface area contributed by atoms with E-state index in [-0.39, 0.29) is 5.91 Å². The summed E-state index contributed by atoms with van der Waals surface area (Å²) in [6.07, 6.45) is 0.257. The zero-order valence-corrected chi connectivity index (χ0v) is 9.31. The third-order valence-electron chi connectivity index (χ3n) is 3.01. The molecule has 0 aliphatic carbocycles. The Balaban J connectivity index is 2.24. The lowest BCUT2D eigenvalue weighted by Gasteiger charge is -2.17. The predicted octanol–water partition coefficient (Wildman–Crippen LogP) is 0.784. The van der Waals surface area contributed by atoms with Crippen molar-refractivity contribution in [1.29, 1.82) is 0 Å². The number of nitrogens with zero attached hydrogens (tertiary/aromatic N) is 1. The van der Waals surface area contributed by atoms with E-state index >= 15 is 0 Å². The van der Waals surface area contributed by atoms with Crippen molar-refractivity contribution in [1.82, 2.24) is 4.90 Å². The Hall–Kier alpha value is -1.55. The van der Waals surface area contributed by atoms with Gasteiger partial charge in [-0.2, -0.15) is 0 Å². The second kappa shape index (κ2) is 4.14. The molecule has 1 aromatic carbocycles. The van der Waals surface area contributed by atoms with Crippen LogP contribution in [-0.2, 0) is 0 Å². The van der Waals surface area contributed by atoms with E-state index in [4.69, 9.17) is 5.73 Å². The van der Waals surface area contributed by atoms with Crippen LogP contribution in [0.15, 0.2) is 18.2 Å². The van der Waals surface area contributed by atoms with E-state index in [9.17, 15) is 9.90 Å². The van der Waals surface area contributed by atoms with Gasteiger partial charge in [-0.05, 0) is 25.0 Å². The molecule has 1 heterocycles. The Bertz CT molecular complexity index is 417. The van der Waals surface area contributed by atoms with Gasteiger partial charge in [-0.3, -0.25) is 4.79 Å². The van der Waals surface area contributed by atoms with Crippen LogP contribution in [0, 0.1) is 6.92 Å². The molecule has 0 aromatic heterocycles. The van der Waals surface area contributed by atoms with Gasteiger partial charge in [0.2, 0.25) is 0 Å². The van der Waals surface area contributed by atoms with Crippen molar-refractivity contribution in [2.24, 2.45) is 0 Å². The van der Waals surface area contributed by atoms with E-state index in [0.29, 0.717) is 30.8 Å². The summed E-state index contributed by atoms with van der Waals surface area (Å²) in [7, 11) is 0. The number of carbonyl (C=O) groups excluding carboxylic acids is 1. The van der Waals surface area contributed by atoms with Crippen molar-refractivity contribution < 1.29 is 9.90 Å². The summed E-state index contributed by atoms with van der Waals surface area (Å²) >= 11 is 0. The van der Waals surface area contributed by atoms with E-state index in [1.807, 2.05) is 19.1 Å². The van der Waals surface area contributed by atoms with Crippen molar-refractivity contribution >= 4 is 11.6 Å². The molecule has 3 N–H and O–H groups in total. The number of aryl methyl sites for hydroxylation is 1. The number of amides is 1. The van der Waals surface area contributed by atoms with Crippen LogP contribution in [0.3, 0.4) is 0 Å². The minimum Gasteiger partial charge on any atom is -0.398 e. The topological polar surface area (TPSA) is 66.6 Å². The maximum atomic E-state index is 12.1. The molecule has 0 saturated carbocycles. The lowest BCUT2D eigenvalue weighted by Crippen LogP contribution is -2.30. The fourth-order valence-corrected chi connectivity index (χ4v) is 1.96. The number of rotatable bonds is 1. The van der Waals surface area contributed by atoms with Crippen LogP contribution < -0.4 is 5.73 Å². The number of carbonyl (C=O) groups is 1. The summed E-state index contributed by atoms with van der Waals surface area (Å²) in [5.41, 5.74) is 7.86. The summed E-state index contributed by atoms with van der Waals surface area (Å²) in [4.78, 5) is 13.7. The molecular weight excluding hydrogens is 204 g/mol. The quantitative estimate of drug-likeness (QED) is 0.687. The first-order chi connectivity index (χ1) is 7.59. The zero-order chi connectivity index (χ0) is 11.7. The number of para-hydroxylation sites is 1. The molecule has 0 radical (unpaired) electrons. The summed E-state index contributed by atoms with van der Waals surface area (Å²) in [6.45, 7) is 2.89. The lowest BCUT2D eigenvalue weighted by molar-refractivity contribution is 0.0766. The van der Waals surface area contributed by atoms with Crippen LogP contribution in [0.2, 0.25) is 0 Å². The van der Waals surface area contributed by atoms with Gasteiger partial charge in [0, 0.05) is 18.8 Å². The molecule has 1 atom stereocenters. The molecular formula is C12H16N2O2. The molecule has 1 amide bonds. The molecule has 2 rings (SSSR count). The summed E-state index contributed by atoms with van der Waals surface area (Å²) in [5, 5.41) is 9.39. The number of hydrogen-bond donors (Lipinski definition) is 2. The molecule has 1 saturated heterocycles. The first kappa shape index (κ1) is 11.0. The van der Waals surface area contributed by atoms with Gasteiger partial charge in [0.05, 0.1) is 11.7 Å². The molecule has 1 aromatic rings. The first-order valence-electron chi connectivity index (χ1n) is 5.42. The highest BCUT2D eigenvalue weighted by Gasteiger charge is 2.26. The minimum atomic E-state index is -0.394. The van der Waals surface area contributed by atoms with Gasteiger partial charge in [0.25, 0.3) is 5.91 Å². The average molecular weight is 220 g/mol. The first-order valence-corrected chi connectivity index (χ1v) is 5.42. The van der Waals surface area contributed by atoms with Crippen LogP contribution in [0.1, 0.15) is 22.3 Å². The largest absolute Gasteiger partial charge is 0.398 e. The smallest absolute Gasteiger partial charge is 0.256 e. The summed E-state index contributed by atoms with van der Waals surface area (Å²) in [6, 6.07) is 5.44. The summed E-state index contributed by atoms with van der Waals surface area (Å²) < 4.78 is 0. The predicted molar refractivity (Wildman–Crippen MR) is 62.1 cm³/mol. The van der Waals surface area contributed by atoms with Crippen molar-refractivity contribution in [2.45, 2.75) is 19.4 Å². The monoisotopic (exact) mass is 220 g/mol. The lowest BCUT2D eigenvalue weighted by atomic mass is 10.1.